The van der Waals surface area contributed by atoms with E-state index in [0.29, 0.717) is 6.54 Å². The Labute approximate surface area is 114 Å². The number of nitrogens with zero attached hydrogens (tertiary/aromatic N) is 2. The van der Waals surface area contributed by atoms with Crippen LogP contribution in [0.25, 0.3) is 0 Å². The van der Waals surface area contributed by atoms with Crippen molar-refractivity contribution in [3.63, 3.8) is 0 Å². The lowest BCUT2D eigenvalue weighted by Gasteiger charge is -2.24. The summed E-state index contributed by atoms with van der Waals surface area (Å²) < 4.78 is 0. The minimum Gasteiger partial charge on any atom is -0.481 e. The summed E-state index contributed by atoms with van der Waals surface area (Å²) in [6, 6.07) is 2.12. The maximum Gasteiger partial charge on any atom is 0.310 e. The van der Waals surface area contributed by atoms with Crippen LogP contribution in [0.1, 0.15) is 37.3 Å². The first-order valence-corrected chi connectivity index (χ1v) is 6.92. The quantitative estimate of drug-likeness (QED) is 0.885. The van der Waals surface area contributed by atoms with Crippen molar-refractivity contribution in [3.05, 3.63) is 29.6 Å². The molecule has 1 aromatic rings. The van der Waals surface area contributed by atoms with Crippen molar-refractivity contribution in [3.8, 4) is 0 Å². The molecule has 0 amide bonds. The summed E-state index contributed by atoms with van der Waals surface area (Å²) in [5, 5.41) is 9.48. The molecule has 1 fully saturated rings. The monoisotopic (exact) mass is 262 g/mol. The van der Waals surface area contributed by atoms with Crippen LogP contribution in [-0.4, -0.2) is 34.0 Å². The number of aliphatic carboxylic acids is 1. The zero-order chi connectivity index (χ0) is 13.9. The van der Waals surface area contributed by atoms with Crippen LogP contribution in [0.4, 0.5) is 0 Å². The van der Waals surface area contributed by atoms with Crippen LogP contribution in [0.5, 0.6) is 0 Å². The molecule has 19 heavy (non-hydrogen) atoms. The van der Waals surface area contributed by atoms with Gasteiger partial charge in [0.05, 0.1) is 5.41 Å². The maximum absolute atomic E-state index is 11.5. The molecule has 4 nitrogen and oxygen atoms in total. The standard InChI is InChI=1S/C15H22N2O2/c1-3-4-15(14(18)19)5-6-17(11-15)10-13-7-12(2)8-16-9-13/h7-9H,3-6,10-11H2,1-2H3,(H,18,19). The van der Waals surface area contributed by atoms with Crippen LogP contribution in [0.3, 0.4) is 0 Å². The summed E-state index contributed by atoms with van der Waals surface area (Å²) in [5.41, 5.74) is 1.78. The number of hydrogen-bond acceptors (Lipinski definition) is 3. The van der Waals surface area contributed by atoms with Crippen LogP contribution < -0.4 is 0 Å². The van der Waals surface area contributed by atoms with Crippen molar-refractivity contribution >= 4 is 5.97 Å². The third kappa shape index (κ3) is 3.13. The van der Waals surface area contributed by atoms with E-state index in [0.717, 1.165) is 43.5 Å². The molecule has 1 saturated heterocycles. The number of carboxylic acid groups (broad SMARTS) is 1. The summed E-state index contributed by atoms with van der Waals surface area (Å²) in [6.45, 7) is 6.40. The van der Waals surface area contributed by atoms with E-state index in [9.17, 15) is 9.90 Å². The molecule has 1 aromatic heterocycles. The fraction of sp³-hybridized carbons (Fsp3) is 0.600. The van der Waals surface area contributed by atoms with Crippen molar-refractivity contribution in [2.24, 2.45) is 5.41 Å². The molecule has 2 rings (SSSR count). The first-order chi connectivity index (χ1) is 9.05. The molecule has 1 atom stereocenters. The maximum atomic E-state index is 11.5. The van der Waals surface area contributed by atoms with Gasteiger partial charge in [-0.25, -0.2) is 0 Å². The van der Waals surface area contributed by atoms with Gasteiger partial charge in [-0.2, -0.15) is 0 Å². The number of aryl methyl sites for hydroxylation is 1. The predicted octanol–water partition coefficient (Wildman–Crippen LogP) is 2.47. The van der Waals surface area contributed by atoms with Crippen molar-refractivity contribution in [2.45, 2.75) is 39.7 Å². The van der Waals surface area contributed by atoms with Crippen molar-refractivity contribution in [2.75, 3.05) is 13.1 Å². The van der Waals surface area contributed by atoms with Gasteiger partial charge in [0.15, 0.2) is 0 Å². The highest BCUT2D eigenvalue weighted by Crippen LogP contribution is 2.36. The van der Waals surface area contributed by atoms with E-state index in [2.05, 4.69) is 22.9 Å². The SMILES string of the molecule is CCCC1(C(=O)O)CCN(Cc2cncc(C)c2)C1. The summed E-state index contributed by atoms with van der Waals surface area (Å²) in [5.74, 6) is -0.640. The predicted molar refractivity (Wildman–Crippen MR) is 73.8 cm³/mol. The van der Waals surface area contributed by atoms with Gasteiger partial charge in [0.25, 0.3) is 0 Å². The average molecular weight is 262 g/mol. The number of hydrogen-bond donors (Lipinski definition) is 1. The molecular weight excluding hydrogens is 240 g/mol. The van der Waals surface area contributed by atoms with E-state index >= 15 is 0 Å². The van der Waals surface area contributed by atoms with Gasteiger partial charge in [-0.05, 0) is 37.4 Å². The lowest BCUT2D eigenvalue weighted by atomic mass is 9.83. The lowest BCUT2D eigenvalue weighted by Crippen LogP contribution is -2.34. The molecule has 104 valence electrons. The number of carboxylic acids is 1. The van der Waals surface area contributed by atoms with Gasteiger partial charge in [0.2, 0.25) is 0 Å². The topological polar surface area (TPSA) is 53.4 Å². The zero-order valence-corrected chi connectivity index (χ0v) is 11.7. The highest BCUT2D eigenvalue weighted by molar-refractivity contribution is 5.75. The fourth-order valence-electron chi connectivity index (χ4n) is 3.02. The molecule has 0 spiro atoms. The molecule has 0 saturated carbocycles. The van der Waals surface area contributed by atoms with Gasteiger partial charge >= 0.3 is 5.97 Å². The summed E-state index contributed by atoms with van der Waals surface area (Å²) >= 11 is 0. The van der Waals surface area contributed by atoms with E-state index in [1.807, 2.05) is 19.3 Å². The Hall–Kier alpha value is -1.42. The lowest BCUT2D eigenvalue weighted by molar-refractivity contribution is -0.148. The van der Waals surface area contributed by atoms with E-state index < -0.39 is 11.4 Å². The minimum atomic E-state index is -0.640. The first kappa shape index (κ1) is 14.0. The third-order valence-corrected chi connectivity index (χ3v) is 3.95. The van der Waals surface area contributed by atoms with Gasteiger partial charge in [-0.1, -0.05) is 19.4 Å². The third-order valence-electron chi connectivity index (χ3n) is 3.95. The minimum absolute atomic E-state index is 0.536. The second-order valence-electron chi connectivity index (χ2n) is 5.67. The van der Waals surface area contributed by atoms with Gasteiger partial charge in [-0.3, -0.25) is 14.7 Å². The van der Waals surface area contributed by atoms with Gasteiger partial charge in [0.1, 0.15) is 0 Å². The second kappa shape index (κ2) is 5.70. The number of pyridine rings is 1. The number of aromatic nitrogens is 1. The van der Waals surface area contributed by atoms with E-state index in [1.165, 1.54) is 0 Å². The van der Waals surface area contributed by atoms with Gasteiger partial charge in [0, 0.05) is 25.5 Å². The highest BCUT2D eigenvalue weighted by atomic mass is 16.4. The van der Waals surface area contributed by atoms with Gasteiger partial charge in [-0.15, -0.1) is 0 Å². The molecule has 0 bridgehead atoms. The van der Waals surface area contributed by atoms with Crippen LogP contribution >= 0.6 is 0 Å². The molecule has 0 aromatic carbocycles. The van der Waals surface area contributed by atoms with Crippen LogP contribution in [0.2, 0.25) is 0 Å². The average Bonchev–Trinajstić information content (AvgIpc) is 2.74. The smallest absolute Gasteiger partial charge is 0.310 e. The summed E-state index contributed by atoms with van der Waals surface area (Å²) in [7, 11) is 0. The normalized spacial score (nSPS) is 23.7. The molecule has 4 heteroatoms. The van der Waals surface area contributed by atoms with E-state index in [4.69, 9.17) is 0 Å². The highest BCUT2D eigenvalue weighted by Gasteiger charge is 2.43. The summed E-state index contributed by atoms with van der Waals surface area (Å²) in [4.78, 5) is 18.0. The molecular formula is C15H22N2O2. The van der Waals surface area contributed by atoms with Crippen molar-refractivity contribution < 1.29 is 9.90 Å². The van der Waals surface area contributed by atoms with Crippen molar-refractivity contribution in [1.29, 1.82) is 0 Å². The Morgan fingerprint density at radius 3 is 2.95 bits per heavy atom. The molecule has 1 aliphatic rings. The first-order valence-electron chi connectivity index (χ1n) is 6.92. The Bertz CT molecular complexity index is 461. The van der Waals surface area contributed by atoms with Crippen LogP contribution in [0, 0.1) is 12.3 Å². The number of rotatable bonds is 5. The molecule has 2 heterocycles. The molecule has 1 unspecified atom stereocenters. The number of carbonyl (C=O) groups is 1. The Kier molecular flexibility index (Phi) is 4.20. The van der Waals surface area contributed by atoms with E-state index in [1.54, 1.807) is 0 Å². The Morgan fingerprint density at radius 1 is 1.53 bits per heavy atom. The van der Waals surface area contributed by atoms with Crippen LogP contribution in [0.15, 0.2) is 18.5 Å². The molecule has 1 N–H and O–H groups in total. The Balaban J connectivity index is 2.03. The largest absolute Gasteiger partial charge is 0.481 e. The molecule has 0 aliphatic carbocycles. The summed E-state index contributed by atoms with van der Waals surface area (Å²) in [6.07, 6.45) is 6.16. The fourth-order valence-corrected chi connectivity index (χ4v) is 3.02. The van der Waals surface area contributed by atoms with Crippen LogP contribution in [-0.2, 0) is 11.3 Å². The Morgan fingerprint density at radius 2 is 2.32 bits per heavy atom. The zero-order valence-electron chi connectivity index (χ0n) is 11.7. The molecule has 1 aliphatic heterocycles. The number of likely N-dealkylation sites (tertiary alicyclic amines) is 1. The van der Waals surface area contributed by atoms with Crippen molar-refractivity contribution in [1.82, 2.24) is 9.88 Å². The molecule has 0 radical (unpaired) electrons. The second-order valence-corrected chi connectivity index (χ2v) is 5.67. The van der Waals surface area contributed by atoms with Gasteiger partial charge < -0.3 is 5.11 Å². The van der Waals surface area contributed by atoms with E-state index in [-0.39, 0.29) is 0 Å².